The third kappa shape index (κ3) is 9.59. The van der Waals surface area contributed by atoms with Crippen LogP contribution in [0.5, 0.6) is 5.88 Å². The van der Waals surface area contributed by atoms with Gasteiger partial charge in [-0.1, -0.05) is 44.2 Å². The van der Waals surface area contributed by atoms with Gasteiger partial charge >= 0.3 is 0 Å². The van der Waals surface area contributed by atoms with Crippen molar-refractivity contribution >= 4 is 29.5 Å². The summed E-state index contributed by atoms with van der Waals surface area (Å²) in [6.07, 6.45) is 2.08. The molecule has 3 aromatic rings. The van der Waals surface area contributed by atoms with Crippen molar-refractivity contribution in [2.24, 2.45) is 5.92 Å². The van der Waals surface area contributed by atoms with Crippen LogP contribution in [-0.4, -0.2) is 93.0 Å². The molecule has 48 heavy (non-hydrogen) atoms. The number of rotatable bonds is 5. The third-order valence-electron chi connectivity index (χ3n) is 7.62. The van der Waals surface area contributed by atoms with E-state index in [1.54, 1.807) is 6.92 Å². The van der Waals surface area contributed by atoms with Crippen LogP contribution >= 0.6 is 0 Å². The minimum atomic E-state index is -1.01. The van der Waals surface area contributed by atoms with E-state index in [2.05, 4.69) is 36.3 Å². The van der Waals surface area contributed by atoms with Gasteiger partial charge in [0.05, 0.1) is 19.7 Å². The second-order valence-corrected chi connectivity index (χ2v) is 12.0. The van der Waals surface area contributed by atoms with E-state index in [0.29, 0.717) is 24.5 Å². The van der Waals surface area contributed by atoms with Gasteiger partial charge in [-0.2, -0.15) is 5.10 Å². The molecule has 3 atom stereocenters. The number of amides is 5. The maximum absolute atomic E-state index is 13.6. The lowest BCUT2D eigenvalue weighted by Gasteiger charge is -2.25. The highest BCUT2D eigenvalue weighted by Crippen LogP contribution is 2.20. The summed E-state index contributed by atoms with van der Waals surface area (Å²) in [5, 5.41) is 15.7. The van der Waals surface area contributed by atoms with E-state index >= 15 is 0 Å². The fourth-order valence-electron chi connectivity index (χ4n) is 5.18. The highest BCUT2D eigenvalue weighted by Gasteiger charge is 2.29. The highest BCUT2D eigenvalue weighted by molar-refractivity contribution is 5.97. The van der Waals surface area contributed by atoms with Crippen LogP contribution in [-0.2, 0) is 25.7 Å². The Hall–Kier alpha value is -5.34. The minimum absolute atomic E-state index is 0.0475. The summed E-state index contributed by atoms with van der Waals surface area (Å²) in [6.45, 7) is 6.87. The number of nitrogens with one attached hydrogen (secondary N) is 4. The summed E-state index contributed by atoms with van der Waals surface area (Å²) >= 11 is 0. The zero-order valence-corrected chi connectivity index (χ0v) is 27.9. The molecule has 0 fully saturated rings. The number of carbonyl (C=O) groups is 5. The smallest absolute Gasteiger partial charge is 0.254 e. The number of carbonyl (C=O) groups excluding carboxylic acids is 5. The van der Waals surface area contributed by atoms with Gasteiger partial charge in [-0.3, -0.25) is 24.0 Å². The Labute approximate surface area is 279 Å². The maximum Gasteiger partial charge on any atom is 0.254 e. The summed E-state index contributed by atoms with van der Waals surface area (Å²) in [5.74, 6) is -1.37. The third-order valence-corrected chi connectivity index (χ3v) is 7.62. The molecule has 0 bridgehead atoms. The molecule has 1 aliphatic rings. The second kappa shape index (κ2) is 16.5. The molecule has 4 N–H and O–H groups in total. The first-order valence-corrected chi connectivity index (χ1v) is 15.9. The van der Waals surface area contributed by atoms with Gasteiger partial charge < -0.3 is 30.9 Å². The number of benzene rings is 1. The molecular weight excluding hydrogens is 618 g/mol. The van der Waals surface area contributed by atoms with Crippen molar-refractivity contribution in [3.8, 4) is 17.3 Å². The van der Waals surface area contributed by atoms with Crippen molar-refractivity contribution in [2.75, 3.05) is 26.7 Å². The van der Waals surface area contributed by atoms with E-state index < -0.39 is 41.8 Å². The summed E-state index contributed by atoms with van der Waals surface area (Å²) in [5.41, 5.74) is 0.996. The van der Waals surface area contributed by atoms with E-state index in [9.17, 15) is 24.0 Å². The molecule has 256 valence electrons. The van der Waals surface area contributed by atoms with Crippen molar-refractivity contribution in [2.45, 2.75) is 65.2 Å². The zero-order valence-electron chi connectivity index (χ0n) is 27.9. The molecule has 0 radical (unpaired) electrons. The molecule has 3 heterocycles. The van der Waals surface area contributed by atoms with E-state index in [1.165, 1.54) is 41.9 Å². The molecular formula is C33H43N9O6. The lowest BCUT2D eigenvalue weighted by Crippen LogP contribution is -2.54. The number of fused-ring (bicyclic) bond motifs is 1. The Bertz CT molecular complexity index is 1610. The van der Waals surface area contributed by atoms with Crippen LogP contribution in [0.2, 0.25) is 0 Å². The average molecular weight is 662 g/mol. The molecule has 5 amide bonds. The molecule has 0 saturated carbocycles. The Balaban J connectivity index is 1.63. The molecule has 0 aliphatic carbocycles. The number of hydrogen-bond donors (Lipinski definition) is 4. The van der Waals surface area contributed by atoms with Gasteiger partial charge in [0.15, 0.2) is 5.82 Å². The monoisotopic (exact) mass is 661 g/mol. The van der Waals surface area contributed by atoms with Gasteiger partial charge in [0.25, 0.3) is 5.91 Å². The van der Waals surface area contributed by atoms with Crippen LogP contribution in [0.25, 0.3) is 11.4 Å². The minimum Gasteiger partial charge on any atom is -0.481 e. The highest BCUT2D eigenvalue weighted by atomic mass is 16.5. The van der Waals surface area contributed by atoms with E-state index in [4.69, 9.17) is 4.74 Å². The number of methoxy groups -OCH3 is 1. The summed E-state index contributed by atoms with van der Waals surface area (Å²) < 4.78 is 6.59. The lowest BCUT2D eigenvalue weighted by molar-refractivity contribution is -0.132. The largest absolute Gasteiger partial charge is 0.481 e. The molecule has 1 aliphatic heterocycles. The molecule has 1 aromatic carbocycles. The summed E-state index contributed by atoms with van der Waals surface area (Å²) in [4.78, 5) is 76.5. The van der Waals surface area contributed by atoms with Gasteiger partial charge in [-0.15, -0.1) is 0 Å². The number of pyridine rings is 1. The topological polar surface area (TPSA) is 190 Å². The average Bonchev–Trinajstić information content (AvgIpc) is 3.48. The van der Waals surface area contributed by atoms with Crippen molar-refractivity contribution in [1.82, 2.24) is 45.9 Å². The second-order valence-electron chi connectivity index (χ2n) is 12.0. The van der Waals surface area contributed by atoms with Crippen molar-refractivity contribution < 1.29 is 28.7 Å². The lowest BCUT2D eigenvalue weighted by atomic mass is 10.0. The van der Waals surface area contributed by atoms with Crippen molar-refractivity contribution in [1.29, 1.82) is 0 Å². The Kier molecular flexibility index (Phi) is 12.2. The molecule has 15 heteroatoms. The Morgan fingerprint density at radius 1 is 0.958 bits per heavy atom. The number of nitrogens with zero attached hydrogens (tertiary/aromatic N) is 5. The first kappa shape index (κ1) is 35.5. The first-order chi connectivity index (χ1) is 22.9. The van der Waals surface area contributed by atoms with E-state index in [-0.39, 0.29) is 49.4 Å². The quantitative estimate of drug-likeness (QED) is 0.312. The van der Waals surface area contributed by atoms with Gasteiger partial charge in [0.1, 0.15) is 24.5 Å². The number of ether oxygens (including phenoxy) is 1. The van der Waals surface area contributed by atoms with Gasteiger partial charge in [0.2, 0.25) is 29.5 Å². The van der Waals surface area contributed by atoms with E-state index in [0.717, 1.165) is 5.56 Å². The van der Waals surface area contributed by atoms with Crippen LogP contribution in [0.4, 0.5) is 0 Å². The normalized spacial score (nSPS) is 20.3. The SMILES string of the molecule is COc1cc(C(=O)N2CCCNC(=O)Cn3nc(-c4ccccc4)nc3[C@H](C)NC(=O)[C@@H](CC(C)C)NC(=O)[C@@H](C)NC(=O)C2)ccn1. The fraction of sp³-hybridized carbons (Fsp3) is 0.455. The maximum atomic E-state index is 13.6. The number of aromatic nitrogens is 4. The molecule has 0 spiro atoms. The predicted octanol–water partition coefficient (Wildman–Crippen LogP) is 1.22. The molecule has 15 nitrogen and oxygen atoms in total. The van der Waals surface area contributed by atoms with Crippen molar-refractivity contribution in [3.63, 3.8) is 0 Å². The Morgan fingerprint density at radius 3 is 2.42 bits per heavy atom. The molecule has 0 unspecified atom stereocenters. The molecule has 0 saturated heterocycles. The van der Waals surface area contributed by atoms with Crippen LogP contribution in [0.1, 0.15) is 62.8 Å². The van der Waals surface area contributed by atoms with Gasteiger partial charge in [0, 0.05) is 36.5 Å². The van der Waals surface area contributed by atoms with Crippen molar-refractivity contribution in [3.05, 3.63) is 60.0 Å². The number of hydrogen-bond acceptors (Lipinski definition) is 9. The van der Waals surface area contributed by atoms with Crippen LogP contribution in [0.15, 0.2) is 48.7 Å². The summed E-state index contributed by atoms with van der Waals surface area (Å²) in [7, 11) is 1.43. The summed E-state index contributed by atoms with van der Waals surface area (Å²) in [6, 6.07) is 9.64. The zero-order chi connectivity index (χ0) is 34.8. The van der Waals surface area contributed by atoms with Crippen LogP contribution < -0.4 is 26.0 Å². The van der Waals surface area contributed by atoms with Crippen LogP contribution in [0, 0.1) is 5.92 Å². The Morgan fingerprint density at radius 2 is 1.71 bits per heavy atom. The fourth-order valence-corrected chi connectivity index (χ4v) is 5.18. The molecule has 4 rings (SSSR count). The predicted molar refractivity (Wildman–Crippen MR) is 175 cm³/mol. The van der Waals surface area contributed by atoms with E-state index in [1.807, 2.05) is 44.2 Å². The first-order valence-electron chi connectivity index (χ1n) is 15.9. The molecule has 2 aromatic heterocycles. The standard InChI is InChI=1S/C33H43N9O6/c1-20(2)16-25-32(46)37-21(3)30-39-29(23-10-7-6-8-11-23)40-42(30)19-26(43)34-13-9-15-41(18-27(44)36-22(4)31(45)38-25)33(47)24-12-14-35-28(17-24)48-5/h6-8,10-12,14,17,20-22,25H,9,13,15-16,18-19H2,1-5H3,(H,34,43)(H,36,44)(H,37,46)(H,38,45)/t21-,22+,25+/m0/s1. The van der Waals surface area contributed by atoms with Crippen LogP contribution in [0.3, 0.4) is 0 Å². The van der Waals surface area contributed by atoms with Gasteiger partial charge in [-0.05, 0) is 38.7 Å². The van der Waals surface area contributed by atoms with Gasteiger partial charge in [-0.25, -0.2) is 14.6 Å².